The fraction of sp³-hybridized carbons (Fsp3) is 0.143. The Labute approximate surface area is 156 Å². The number of hydrogen-bond acceptors (Lipinski definition) is 5. The van der Waals surface area contributed by atoms with E-state index >= 15 is 0 Å². The Morgan fingerprint density at radius 1 is 1.07 bits per heavy atom. The second-order valence-corrected chi connectivity index (χ2v) is 6.00. The minimum atomic E-state index is -0.732. The molecule has 1 atom stereocenters. The summed E-state index contributed by atoms with van der Waals surface area (Å²) >= 11 is 0. The van der Waals surface area contributed by atoms with Crippen LogP contribution in [0.2, 0.25) is 0 Å². The lowest BCUT2D eigenvalue weighted by Crippen LogP contribution is -2.40. The van der Waals surface area contributed by atoms with E-state index in [0.29, 0.717) is 22.9 Å². The Kier molecular flexibility index (Phi) is 4.61. The molecule has 1 aromatic heterocycles. The molecule has 6 heteroatoms. The SMILES string of the molecule is COc1cc(-c2ccncc2)ccc1NC(=O)[C@@H]1COc2ccccc2O1. The van der Waals surface area contributed by atoms with Crippen molar-refractivity contribution in [2.45, 2.75) is 6.10 Å². The highest BCUT2D eigenvalue weighted by Gasteiger charge is 2.27. The predicted octanol–water partition coefficient (Wildman–Crippen LogP) is 3.54. The molecule has 0 saturated heterocycles. The van der Waals surface area contributed by atoms with Gasteiger partial charge in [-0.05, 0) is 47.5 Å². The molecule has 1 aliphatic rings. The fourth-order valence-electron chi connectivity index (χ4n) is 2.88. The molecule has 0 fully saturated rings. The number of nitrogens with one attached hydrogen (secondary N) is 1. The average molecular weight is 362 g/mol. The maximum atomic E-state index is 12.6. The molecule has 1 aliphatic heterocycles. The molecule has 0 bridgehead atoms. The van der Waals surface area contributed by atoms with Crippen molar-refractivity contribution < 1.29 is 19.0 Å². The summed E-state index contributed by atoms with van der Waals surface area (Å²) in [6, 6.07) is 16.7. The topological polar surface area (TPSA) is 69.7 Å². The van der Waals surface area contributed by atoms with Crippen molar-refractivity contribution in [1.29, 1.82) is 0 Å². The summed E-state index contributed by atoms with van der Waals surface area (Å²) < 4.78 is 16.8. The van der Waals surface area contributed by atoms with E-state index in [4.69, 9.17) is 14.2 Å². The van der Waals surface area contributed by atoms with Crippen molar-refractivity contribution >= 4 is 11.6 Å². The molecule has 0 aliphatic carbocycles. The number of nitrogens with zero attached hydrogens (tertiary/aromatic N) is 1. The van der Waals surface area contributed by atoms with Crippen LogP contribution < -0.4 is 19.5 Å². The maximum Gasteiger partial charge on any atom is 0.269 e. The molecule has 3 aromatic rings. The van der Waals surface area contributed by atoms with Gasteiger partial charge in [0, 0.05) is 12.4 Å². The zero-order valence-corrected chi connectivity index (χ0v) is 14.7. The van der Waals surface area contributed by atoms with Crippen LogP contribution in [0.5, 0.6) is 17.2 Å². The number of carbonyl (C=O) groups is 1. The quantitative estimate of drug-likeness (QED) is 0.769. The first kappa shape index (κ1) is 16.9. The molecule has 136 valence electrons. The van der Waals surface area contributed by atoms with Gasteiger partial charge < -0.3 is 19.5 Å². The van der Waals surface area contributed by atoms with E-state index in [1.54, 1.807) is 25.6 Å². The standard InChI is InChI=1S/C21H18N2O4/c1-25-19-12-15(14-8-10-22-11-9-14)6-7-16(19)23-21(24)20-13-26-17-4-2-3-5-18(17)27-20/h2-12,20H,13H2,1H3,(H,23,24)/t20-/m0/s1. The highest BCUT2D eigenvalue weighted by atomic mass is 16.6. The summed E-state index contributed by atoms with van der Waals surface area (Å²) in [5, 5.41) is 2.86. The molecular formula is C21H18N2O4. The number of aromatic nitrogens is 1. The fourth-order valence-corrected chi connectivity index (χ4v) is 2.88. The van der Waals surface area contributed by atoms with Gasteiger partial charge in [-0.3, -0.25) is 9.78 Å². The molecule has 1 amide bonds. The second kappa shape index (κ2) is 7.37. The van der Waals surface area contributed by atoms with E-state index in [-0.39, 0.29) is 12.5 Å². The lowest BCUT2D eigenvalue weighted by Gasteiger charge is -2.25. The number of para-hydroxylation sites is 2. The number of carbonyl (C=O) groups excluding carboxylic acids is 1. The zero-order chi connectivity index (χ0) is 18.6. The summed E-state index contributed by atoms with van der Waals surface area (Å²) in [4.78, 5) is 16.6. The van der Waals surface area contributed by atoms with E-state index in [1.807, 2.05) is 48.5 Å². The monoisotopic (exact) mass is 362 g/mol. The lowest BCUT2D eigenvalue weighted by molar-refractivity contribution is -0.125. The summed E-state index contributed by atoms with van der Waals surface area (Å²) in [7, 11) is 1.57. The number of rotatable bonds is 4. The Bertz CT molecular complexity index is 959. The van der Waals surface area contributed by atoms with Crippen LogP contribution in [-0.4, -0.2) is 30.7 Å². The van der Waals surface area contributed by atoms with Crippen LogP contribution in [0.15, 0.2) is 67.0 Å². The minimum absolute atomic E-state index is 0.153. The van der Waals surface area contributed by atoms with Gasteiger partial charge in [-0.2, -0.15) is 0 Å². The van der Waals surface area contributed by atoms with Gasteiger partial charge in [-0.15, -0.1) is 0 Å². The van der Waals surface area contributed by atoms with Crippen LogP contribution in [0, 0.1) is 0 Å². The smallest absolute Gasteiger partial charge is 0.269 e. The third kappa shape index (κ3) is 3.55. The van der Waals surface area contributed by atoms with Crippen molar-refractivity contribution in [2.75, 3.05) is 19.0 Å². The highest BCUT2D eigenvalue weighted by Crippen LogP contribution is 2.33. The maximum absolute atomic E-state index is 12.6. The molecule has 0 unspecified atom stereocenters. The first-order valence-electron chi connectivity index (χ1n) is 8.52. The van der Waals surface area contributed by atoms with Crippen LogP contribution in [-0.2, 0) is 4.79 Å². The van der Waals surface area contributed by atoms with Crippen molar-refractivity contribution in [3.05, 3.63) is 67.0 Å². The second-order valence-electron chi connectivity index (χ2n) is 6.00. The number of fused-ring (bicyclic) bond motifs is 1. The summed E-state index contributed by atoms with van der Waals surface area (Å²) in [5.74, 6) is 1.47. The molecule has 0 spiro atoms. The molecule has 0 saturated carbocycles. The van der Waals surface area contributed by atoms with Crippen molar-refractivity contribution in [2.24, 2.45) is 0 Å². The van der Waals surface area contributed by atoms with Crippen molar-refractivity contribution in [3.8, 4) is 28.4 Å². The first-order valence-corrected chi connectivity index (χ1v) is 8.52. The Morgan fingerprint density at radius 2 is 1.85 bits per heavy atom. The molecule has 6 nitrogen and oxygen atoms in total. The number of amides is 1. The van der Waals surface area contributed by atoms with E-state index < -0.39 is 6.10 Å². The van der Waals surface area contributed by atoms with Crippen LogP contribution in [0.3, 0.4) is 0 Å². The minimum Gasteiger partial charge on any atom is -0.495 e. The Hall–Kier alpha value is -3.54. The van der Waals surface area contributed by atoms with E-state index in [1.165, 1.54) is 0 Å². The summed E-state index contributed by atoms with van der Waals surface area (Å²) in [5.41, 5.74) is 2.56. The molecule has 2 heterocycles. The van der Waals surface area contributed by atoms with Gasteiger partial charge in [-0.1, -0.05) is 18.2 Å². The highest BCUT2D eigenvalue weighted by molar-refractivity contribution is 5.96. The number of hydrogen-bond donors (Lipinski definition) is 1. The van der Waals surface area contributed by atoms with Gasteiger partial charge in [0.25, 0.3) is 5.91 Å². The van der Waals surface area contributed by atoms with Crippen LogP contribution in [0.25, 0.3) is 11.1 Å². The molecule has 27 heavy (non-hydrogen) atoms. The van der Waals surface area contributed by atoms with Gasteiger partial charge >= 0.3 is 0 Å². The largest absolute Gasteiger partial charge is 0.495 e. The number of ether oxygens (including phenoxy) is 3. The average Bonchev–Trinajstić information content (AvgIpc) is 2.74. The van der Waals surface area contributed by atoms with Gasteiger partial charge in [-0.25, -0.2) is 0 Å². The van der Waals surface area contributed by atoms with Crippen molar-refractivity contribution in [1.82, 2.24) is 4.98 Å². The van der Waals surface area contributed by atoms with Gasteiger partial charge in [0.2, 0.25) is 6.10 Å². The predicted molar refractivity (Wildman–Crippen MR) is 101 cm³/mol. The van der Waals surface area contributed by atoms with Gasteiger partial charge in [0.15, 0.2) is 11.5 Å². The number of anilines is 1. The van der Waals surface area contributed by atoms with Gasteiger partial charge in [0.05, 0.1) is 12.8 Å². The first-order chi connectivity index (χ1) is 13.2. The number of methoxy groups -OCH3 is 1. The van der Waals surface area contributed by atoms with E-state index in [0.717, 1.165) is 11.1 Å². The number of pyridine rings is 1. The summed E-state index contributed by atoms with van der Waals surface area (Å²) in [6.45, 7) is 0.153. The third-order valence-corrected chi connectivity index (χ3v) is 4.27. The van der Waals surface area contributed by atoms with Gasteiger partial charge in [0.1, 0.15) is 12.4 Å². The van der Waals surface area contributed by atoms with E-state index in [9.17, 15) is 4.79 Å². The molecule has 0 radical (unpaired) electrons. The normalized spacial score (nSPS) is 15.1. The molecule has 1 N–H and O–H groups in total. The number of benzene rings is 2. The molecule has 4 rings (SSSR count). The Balaban J connectivity index is 1.51. The molecule has 2 aromatic carbocycles. The zero-order valence-electron chi connectivity index (χ0n) is 14.7. The lowest BCUT2D eigenvalue weighted by atomic mass is 10.1. The van der Waals surface area contributed by atoms with E-state index in [2.05, 4.69) is 10.3 Å². The third-order valence-electron chi connectivity index (χ3n) is 4.27. The Morgan fingerprint density at radius 3 is 2.63 bits per heavy atom. The van der Waals surface area contributed by atoms with Crippen molar-refractivity contribution in [3.63, 3.8) is 0 Å². The molecular weight excluding hydrogens is 344 g/mol. The van der Waals surface area contributed by atoms with Crippen LogP contribution >= 0.6 is 0 Å². The van der Waals surface area contributed by atoms with Crippen LogP contribution in [0.1, 0.15) is 0 Å². The summed E-state index contributed by atoms with van der Waals surface area (Å²) in [6.07, 6.45) is 2.73. The van der Waals surface area contributed by atoms with Crippen LogP contribution in [0.4, 0.5) is 5.69 Å².